The molecule has 0 saturated heterocycles. The molecule has 0 spiro atoms. The molecule has 1 N–H and O–H groups in total. The number of imidazole rings is 1. The fourth-order valence-electron chi connectivity index (χ4n) is 4.46. The van der Waals surface area contributed by atoms with E-state index in [1.807, 2.05) is 19.1 Å². The molecule has 0 unspecified atom stereocenters. The van der Waals surface area contributed by atoms with Gasteiger partial charge in [0.2, 0.25) is 0 Å². The molecule has 4 rings (SSSR count). The highest BCUT2D eigenvalue weighted by Crippen LogP contribution is 2.32. The predicted octanol–water partition coefficient (Wildman–Crippen LogP) is 4.86. The number of carbonyl (C=O) groups is 1. The second-order valence-corrected chi connectivity index (χ2v) is 7.89. The third-order valence-electron chi connectivity index (χ3n) is 5.92. The molecule has 1 aliphatic rings. The van der Waals surface area contributed by atoms with Crippen molar-refractivity contribution in [2.75, 3.05) is 0 Å². The Morgan fingerprint density at radius 1 is 1.21 bits per heavy atom. The molecule has 3 aromatic rings. The Morgan fingerprint density at radius 3 is 2.69 bits per heavy atom. The van der Waals surface area contributed by atoms with Gasteiger partial charge in [0.15, 0.2) is 0 Å². The molecule has 5 nitrogen and oxygen atoms in total. The first-order valence-corrected chi connectivity index (χ1v) is 10.3. The highest BCUT2D eigenvalue weighted by atomic mass is 19.1. The molecule has 1 amide bonds. The maximum Gasteiger partial charge on any atom is 0.253 e. The van der Waals surface area contributed by atoms with Crippen molar-refractivity contribution in [3.05, 3.63) is 71.3 Å². The van der Waals surface area contributed by atoms with Crippen molar-refractivity contribution < 1.29 is 9.18 Å². The van der Waals surface area contributed by atoms with Crippen molar-refractivity contribution in [3.8, 4) is 5.69 Å². The van der Waals surface area contributed by atoms with E-state index in [4.69, 9.17) is 0 Å². The minimum Gasteiger partial charge on any atom is -0.348 e. The van der Waals surface area contributed by atoms with Gasteiger partial charge in [-0.1, -0.05) is 25.3 Å². The highest BCUT2D eigenvalue weighted by Gasteiger charge is 2.22. The lowest BCUT2D eigenvalue weighted by atomic mass is 9.95. The van der Waals surface area contributed by atoms with Gasteiger partial charge in [0.05, 0.1) is 17.6 Å². The number of halogens is 1. The van der Waals surface area contributed by atoms with E-state index in [0.29, 0.717) is 17.3 Å². The Bertz CT molecular complexity index is 1000. The van der Waals surface area contributed by atoms with Gasteiger partial charge in [0.1, 0.15) is 5.82 Å². The van der Waals surface area contributed by atoms with Gasteiger partial charge in [0, 0.05) is 36.4 Å². The van der Waals surface area contributed by atoms with E-state index < -0.39 is 0 Å². The predicted molar refractivity (Wildman–Crippen MR) is 111 cm³/mol. The minimum absolute atomic E-state index is 0.112. The van der Waals surface area contributed by atoms with E-state index >= 15 is 0 Å². The van der Waals surface area contributed by atoms with Crippen LogP contribution < -0.4 is 5.32 Å². The third-order valence-corrected chi connectivity index (χ3v) is 5.92. The summed E-state index contributed by atoms with van der Waals surface area (Å²) >= 11 is 0. The summed E-state index contributed by atoms with van der Waals surface area (Å²) in [6.45, 7) is 4.38. The van der Waals surface area contributed by atoms with E-state index in [9.17, 15) is 9.18 Å². The molecule has 2 aromatic heterocycles. The lowest BCUT2D eigenvalue weighted by Gasteiger charge is -2.26. The number of hydrogen-bond acceptors (Lipinski definition) is 2. The Kier molecular flexibility index (Phi) is 5.51. The van der Waals surface area contributed by atoms with Crippen LogP contribution in [0, 0.1) is 19.7 Å². The van der Waals surface area contributed by atoms with Crippen molar-refractivity contribution >= 4 is 5.91 Å². The number of carbonyl (C=O) groups excluding carboxylic acids is 1. The summed E-state index contributed by atoms with van der Waals surface area (Å²) < 4.78 is 18.4. The smallest absolute Gasteiger partial charge is 0.253 e. The Balaban J connectivity index is 1.45. The van der Waals surface area contributed by atoms with E-state index in [-0.39, 0.29) is 18.3 Å². The number of nitrogens with zero attached hydrogens (tertiary/aromatic N) is 3. The van der Waals surface area contributed by atoms with Gasteiger partial charge in [-0.05, 0) is 50.5 Å². The zero-order chi connectivity index (χ0) is 20.4. The second-order valence-electron chi connectivity index (χ2n) is 7.89. The lowest BCUT2D eigenvalue weighted by Crippen LogP contribution is -2.24. The Labute approximate surface area is 170 Å². The minimum atomic E-state index is -0.342. The fourth-order valence-corrected chi connectivity index (χ4v) is 4.46. The third kappa shape index (κ3) is 3.97. The number of nitrogens with one attached hydrogen (secondary N) is 1. The quantitative estimate of drug-likeness (QED) is 0.672. The lowest BCUT2D eigenvalue weighted by molar-refractivity contribution is 0.0950. The number of amides is 1. The van der Waals surface area contributed by atoms with Crippen molar-refractivity contribution in [3.63, 3.8) is 0 Å². The standard InChI is InChI=1S/C23H27FN4O/c1-16-12-20(17(2)28(16)19-6-4-3-5-7-19)23(29)26-14-18-8-9-22(21(24)13-18)27-11-10-25-15-27/h8-13,15,19H,3-7,14H2,1-2H3,(H,26,29). The highest BCUT2D eigenvalue weighted by molar-refractivity contribution is 5.95. The molecule has 0 radical (unpaired) electrons. The summed E-state index contributed by atoms with van der Waals surface area (Å²) in [5.41, 5.74) is 4.03. The van der Waals surface area contributed by atoms with Crippen LogP contribution in [0.15, 0.2) is 43.0 Å². The van der Waals surface area contributed by atoms with Crippen LogP contribution in [0.5, 0.6) is 0 Å². The molecular weight excluding hydrogens is 367 g/mol. The molecule has 29 heavy (non-hydrogen) atoms. The summed E-state index contributed by atoms with van der Waals surface area (Å²) in [6, 6.07) is 7.45. The second kappa shape index (κ2) is 8.23. The molecule has 152 valence electrons. The van der Waals surface area contributed by atoms with Gasteiger partial charge in [0.25, 0.3) is 5.91 Å². The van der Waals surface area contributed by atoms with E-state index in [1.54, 1.807) is 29.4 Å². The van der Waals surface area contributed by atoms with Crippen molar-refractivity contribution in [1.29, 1.82) is 0 Å². The van der Waals surface area contributed by atoms with Crippen LogP contribution in [0.4, 0.5) is 4.39 Å². The molecular formula is C23H27FN4O. The summed E-state index contributed by atoms with van der Waals surface area (Å²) in [5, 5.41) is 2.94. The van der Waals surface area contributed by atoms with Crippen molar-refractivity contribution in [1.82, 2.24) is 19.4 Å². The summed E-state index contributed by atoms with van der Waals surface area (Å²) in [4.78, 5) is 16.7. The van der Waals surface area contributed by atoms with Gasteiger partial charge in [-0.25, -0.2) is 9.37 Å². The summed E-state index contributed by atoms with van der Waals surface area (Å²) in [5.74, 6) is -0.454. The van der Waals surface area contributed by atoms with Crippen LogP contribution in [0.2, 0.25) is 0 Å². The molecule has 1 fully saturated rings. The summed E-state index contributed by atoms with van der Waals surface area (Å²) in [6.07, 6.45) is 11.0. The van der Waals surface area contributed by atoms with Gasteiger partial charge in [-0.2, -0.15) is 0 Å². The first-order valence-electron chi connectivity index (χ1n) is 10.3. The number of aromatic nitrogens is 3. The van der Waals surface area contributed by atoms with Crippen LogP contribution in [0.1, 0.15) is 65.5 Å². The largest absolute Gasteiger partial charge is 0.348 e. The molecule has 0 aliphatic heterocycles. The topological polar surface area (TPSA) is 51.9 Å². The number of hydrogen-bond donors (Lipinski definition) is 1. The molecule has 0 bridgehead atoms. The zero-order valence-electron chi connectivity index (χ0n) is 17.0. The van der Waals surface area contributed by atoms with Gasteiger partial charge in [-0.3, -0.25) is 4.79 Å². The van der Waals surface area contributed by atoms with Crippen molar-refractivity contribution in [2.45, 2.75) is 58.5 Å². The molecule has 1 aliphatic carbocycles. The van der Waals surface area contributed by atoms with Gasteiger partial charge in [-0.15, -0.1) is 0 Å². The van der Waals surface area contributed by atoms with Crippen LogP contribution >= 0.6 is 0 Å². The van der Waals surface area contributed by atoms with Crippen LogP contribution in [-0.4, -0.2) is 20.0 Å². The van der Waals surface area contributed by atoms with E-state index in [0.717, 1.165) is 17.0 Å². The molecule has 6 heteroatoms. The SMILES string of the molecule is Cc1cc(C(=O)NCc2ccc(-n3ccnc3)c(F)c2)c(C)n1C1CCCCC1. The van der Waals surface area contributed by atoms with E-state index in [2.05, 4.69) is 21.8 Å². The van der Waals surface area contributed by atoms with Gasteiger partial charge >= 0.3 is 0 Å². The van der Waals surface area contributed by atoms with Crippen LogP contribution in [0.25, 0.3) is 5.69 Å². The monoisotopic (exact) mass is 394 g/mol. The fraction of sp³-hybridized carbons (Fsp3) is 0.391. The Hall–Kier alpha value is -2.89. The molecule has 1 saturated carbocycles. The zero-order valence-corrected chi connectivity index (χ0v) is 17.0. The van der Waals surface area contributed by atoms with Crippen LogP contribution in [0.3, 0.4) is 0 Å². The van der Waals surface area contributed by atoms with Gasteiger partial charge < -0.3 is 14.5 Å². The van der Waals surface area contributed by atoms with Crippen molar-refractivity contribution in [2.24, 2.45) is 0 Å². The molecule has 2 heterocycles. The first kappa shape index (κ1) is 19.4. The maximum absolute atomic E-state index is 14.4. The average molecular weight is 394 g/mol. The summed E-state index contributed by atoms with van der Waals surface area (Å²) in [7, 11) is 0. The first-order chi connectivity index (χ1) is 14.0. The average Bonchev–Trinajstić information content (AvgIpc) is 3.35. The number of benzene rings is 1. The molecule has 0 atom stereocenters. The van der Waals surface area contributed by atoms with E-state index in [1.165, 1.54) is 38.2 Å². The Morgan fingerprint density at radius 2 is 2.00 bits per heavy atom. The maximum atomic E-state index is 14.4. The van der Waals surface area contributed by atoms with Crippen LogP contribution in [-0.2, 0) is 6.54 Å². The number of rotatable bonds is 5. The molecule has 1 aromatic carbocycles. The normalized spacial score (nSPS) is 14.9. The number of aryl methyl sites for hydroxylation is 1.